The van der Waals surface area contributed by atoms with Crippen LogP contribution in [-0.2, 0) is 25.5 Å². The first-order chi connectivity index (χ1) is 18.1. The zero-order valence-corrected chi connectivity index (χ0v) is 22.6. The van der Waals surface area contributed by atoms with Gasteiger partial charge in [0.05, 0.1) is 12.3 Å². The van der Waals surface area contributed by atoms with E-state index in [4.69, 9.17) is 14.2 Å². The van der Waals surface area contributed by atoms with Gasteiger partial charge in [0, 0.05) is 38.3 Å². The molecule has 1 amide bonds. The summed E-state index contributed by atoms with van der Waals surface area (Å²) < 4.78 is 16.4. The van der Waals surface area contributed by atoms with Gasteiger partial charge in [0.2, 0.25) is 0 Å². The Kier molecular flexibility index (Phi) is 11.8. The molecule has 0 aromatic heterocycles. The third-order valence-electron chi connectivity index (χ3n) is 6.57. The molecule has 0 aliphatic carbocycles. The second-order valence-electron chi connectivity index (χ2n) is 9.27. The van der Waals surface area contributed by atoms with Crippen LogP contribution in [-0.4, -0.2) is 57.4 Å². The number of benzene rings is 2. The fourth-order valence-electron chi connectivity index (χ4n) is 4.60. The van der Waals surface area contributed by atoms with Crippen LogP contribution in [0.4, 0.5) is 11.4 Å². The van der Waals surface area contributed by atoms with Gasteiger partial charge in [-0.3, -0.25) is 4.79 Å². The van der Waals surface area contributed by atoms with E-state index in [-0.39, 0.29) is 18.5 Å². The Morgan fingerprint density at radius 2 is 1.73 bits per heavy atom. The molecular formula is C30H42N2O5. The molecule has 1 aliphatic rings. The van der Waals surface area contributed by atoms with Crippen LogP contribution in [0.5, 0.6) is 5.75 Å². The SMILES string of the molecule is CCCCCCCN(CCN1C(=O)COc2ccccc21)c1ccc(CC(OCC)C(=O)OCC)cc1. The minimum absolute atomic E-state index is 0.0159. The molecule has 1 unspecified atom stereocenters. The van der Waals surface area contributed by atoms with Crippen molar-refractivity contribution in [3.8, 4) is 5.75 Å². The van der Waals surface area contributed by atoms with E-state index in [0.29, 0.717) is 26.2 Å². The van der Waals surface area contributed by atoms with Crippen molar-refractivity contribution in [1.29, 1.82) is 0 Å². The molecule has 2 aromatic rings. The molecule has 7 heteroatoms. The van der Waals surface area contributed by atoms with Crippen LogP contribution in [0.1, 0.15) is 58.4 Å². The zero-order chi connectivity index (χ0) is 26.5. The van der Waals surface area contributed by atoms with Crippen LogP contribution in [0.2, 0.25) is 0 Å². The third-order valence-corrected chi connectivity index (χ3v) is 6.57. The van der Waals surface area contributed by atoms with Crippen LogP contribution in [0, 0.1) is 0 Å². The first-order valence-corrected chi connectivity index (χ1v) is 13.7. The fraction of sp³-hybridized carbons (Fsp3) is 0.533. The summed E-state index contributed by atoms with van der Waals surface area (Å²) in [4.78, 5) is 29.1. The van der Waals surface area contributed by atoms with Gasteiger partial charge in [0.1, 0.15) is 5.75 Å². The molecule has 3 rings (SSSR count). The van der Waals surface area contributed by atoms with Gasteiger partial charge < -0.3 is 24.0 Å². The molecule has 1 heterocycles. The minimum atomic E-state index is -0.599. The van der Waals surface area contributed by atoms with Crippen molar-refractivity contribution in [2.75, 3.05) is 49.3 Å². The quantitative estimate of drug-likeness (QED) is 0.223. The van der Waals surface area contributed by atoms with Crippen molar-refractivity contribution >= 4 is 23.3 Å². The van der Waals surface area contributed by atoms with Gasteiger partial charge in [-0.25, -0.2) is 4.79 Å². The maximum absolute atomic E-state index is 12.7. The standard InChI is InChI=1S/C30H42N2O5/c1-4-7-8-9-12-19-31(20-21-32-26-13-10-11-14-27(26)37-23-29(32)33)25-17-15-24(16-18-25)22-28(35-5-2)30(34)36-6-3/h10-11,13-18,28H,4-9,12,19-23H2,1-3H3. The van der Waals surface area contributed by atoms with Crippen molar-refractivity contribution in [1.82, 2.24) is 0 Å². The van der Waals surface area contributed by atoms with E-state index in [1.807, 2.05) is 36.1 Å². The Bertz CT molecular complexity index is 978. The number of ether oxygens (including phenoxy) is 3. The average Bonchev–Trinajstić information content (AvgIpc) is 2.91. The Balaban J connectivity index is 1.70. The fourth-order valence-corrected chi connectivity index (χ4v) is 4.60. The molecule has 1 atom stereocenters. The number of amides is 1. The van der Waals surface area contributed by atoms with Gasteiger partial charge >= 0.3 is 5.97 Å². The Labute approximate surface area is 221 Å². The summed E-state index contributed by atoms with van der Waals surface area (Å²) in [5.74, 6) is 0.415. The lowest BCUT2D eigenvalue weighted by Gasteiger charge is -2.32. The predicted molar refractivity (Wildman–Crippen MR) is 147 cm³/mol. The van der Waals surface area contributed by atoms with Crippen molar-refractivity contribution in [3.63, 3.8) is 0 Å². The van der Waals surface area contributed by atoms with Gasteiger partial charge in [-0.2, -0.15) is 0 Å². The summed E-state index contributed by atoms with van der Waals surface area (Å²) >= 11 is 0. The van der Waals surface area contributed by atoms with Crippen LogP contribution < -0.4 is 14.5 Å². The first-order valence-electron chi connectivity index (χ1n) is 13.7. The molecule has 0 N–H and O–H groups in total. The molecule has 0 bridgehead atoms. The summed E-state index contributed by atoms with van der Waals surface area (Å²) in [5.41, 5.74) is 2.96. The monoisotopic (exact) mass is 510 g/mol. The number of rotatable bonds is 16. The van der Waals surface area contributed by atoms with Crippen molar-refractivity contribution in [2.24, 2.45) is 0 Å². The summed E-state index contributed by atoms with van der Waals surface area (Å²) in [5, 5.41) is 0. The maximum atomic E-state index is 12.7. The summed E-state index contributed by atoms with van der Waals surface area (Å²) in [6.07, 6.45) is 5.89. The van der Waals surface area contributed by atoms with Gasteiger partial charge in [-0.05, 0) is 50.1 Å². The smallest absolute Gasteiger partial charge is 0.335 e. The van der Waals surface area contributed by atoms with Crippen molar-refractivity contribution in [3.05, 3.63) is 54.1 Å². The average molecular weight is 511 g/mol. The number of fused-ring (bicyclic) bond motifs is 1. The molecule has 2 aromatic carbocycles. The van der Waals surface area contributed by atoms with Crippen LogP contribution >= 0.6 is 0 Å². The number of carbonyl (C=O) groups excluding carboxylic acids is 2. The lowest BCUT2D eigenvalue weighted by atomic mass is 10.1. The Morgan fingerprint density at radius 3 is 2.46 bits per heavy atom. The second kappa shape index (κ2) is 15.3. The lowest BCUT2D eigenvalue weighted by molar-refractivity contribution is -0.156. The number of anilines is 2. The van der Waals surface area contributed by atoms with E-state index in [0.717, 1.165) is 42.2 Å². The first kappa shape index (κ1) is 28.5. The number of hydrogen-bond acceptors (Lipinski definition) is 6. The van der Waals surface area contributed by atoms with E-state index < -0.39 is 6.10 Å². The molecule has 0 fully saturated rings. The molecule has 0 saturated heterocycles. The van der Waals surface area contributed by atoms with E-state index in [1.165, 1.54) is 25.7 Å². The van der Waals surface area contributed by atoms with Gasteiger partial charge in [-0.1, -0.05) is 56.9 Å². The Morgan fingerprint density at radius 1 is 0.973 bits per heavy atom. The van der Waals surface area contributed by atoms with Crippen molar-refractivity contribution in [2.45, 2.75) is 65.4 Å². The second-order valence-corrected chi connectivity index (χ2v) is 9.27. The molecule has 7 nitrogen and oxygen atoms in total. The molecular weight excluding hydrogens is 468 g/mol. The normalized spacial score (nSPS) is 13.6. The number of carbonyl (C=O) groups is 2. The lowest BCUT2D eigenvalue weighted by Crippen LogP contribution is -2.43. The number of para-hydroxylation sites is 2. The molecule has 0 spiro atoms. The zero-order valence-electron chi connectivity index (χ0n) is 22.6. The van der Waals surface area contributed by atoms with Gasteiger partial charge in [0.15, 0.2) is 12.7 Å². The summed E-state index contributed by atoms with van der Waals surface area (Å²) in [6, 6.07) is 16.0. The molecule has 1 aliphatic heterocycles. The van der Waals surface area contributed by atoms with E-state index in [2.05, 4.69) is 36.1 Å². The maximum Gasteiger partial charge on any atom is 0.335 e. The third kappa shape index (κ3) is 8.49. The van der Waals surface area contributed by atoms with Gasteiger partial charge in [0.25, 0.3) is 5.91 Å². The highest BCUT2D eigenvalue weighted by Crippen LogP contribution is 2.31. The van der Waals surface area contributed by atoms with E-state index in [1.54, 1.807) is 6.92 Å². The van der Waals surface area contributed by atoms with E-state index >= 15 is 0 Å². The molecule has 37 heavy (non-hydrogen) atoms. The molecule has 0 saturated carbocycles. The highest BCUT2D eigenvalue weighted by Gasteiger charge is 2.25. The Hall–Kier alpha value is -3.06. The molecule has 202 valence electrons. The molecule has 0 radical (unpaired) electrons. The highest BCUT2D eigenvalue weighted by atomic mass is 16.6. The van der Waals surface area contributed by atoms with Crippen LogP contribution in [0.25, 0.3) is 0 Å². The highest BCUT2D eigenvalue weighted by molar-refractivity contribution is 5.97. The minimum Gasteiger partial charge on any atom is -0.482 e. The van der Waals surface area contributed by atoms with Crippen LogP contribution in [0.3, 0.4) is 0 Å². The van der Waals surface area contributed by atoms with Crippen molar-refractivity contribution < 1.29 is 23.8 Å². The number of unbranched alkanes of at least 4 members (excludes halogenated alkanes) is 4. The number of nitrogens with zero attached hydrogens (tertiary/aromatic N) is 2. The summed E-state index contributed by atoms with van der Waals surface area (Å²) in [7, 11) is 0. The topological polar surface area (TPSA) is 68.3 Å². The largest absolute Gasteiger partial charge is 0.482 e. The number of hydrogen-bond donors (Lipinski definition) is 0. The predicted octanol–water partition coefficient (Wildman–Crippen LogP) is 5.40. The summed E-state index contributed by atoms with van der Waals surface area (Å²) in [6.45, 7) is 9.01. The van der Waals surface area contributed by atoms with E-state index in [9.17, 15) is 9.59 Å². The number of esters is 1. The van der Waals surface area contributed by atoms with Gasteiger partial charge in [-0.15, -0.1) is 0 Å². The van der Waals surface area contributed by atoms with Crippen LogP contribution in [0.15, 0.2) is 48.5 Å².